The van der Waals surface area contributed by atoms with E-state index in [1.165, 1.54) is 0 Å². The molecule has 1 atom stereocenters. The number of fused-ring (bicyclic) bond motifs is 1. The van der Waals surface area contributed by atoms with Crippen molar-refractivity contribution in [1.82, 2.24) is 30.9 Å². The minimum Gasteiger partial charge on any atom is -0.411 e. The van der Waals surface area contributed by atoms with E-state index in [0.717, 1.165) is 38.8 Å². The van der Waals surface area contributed by atoms with Gasteiger partial charge in [0.2, 0.25) is 5.91 Å². The number of benzene rings is 2. The van der Waals surface area contributed by atoms with Crippen molar-refractivity contribution in [2.45, 2.75) is 30.5 Å². The van der Waals surface area contributed by atoms with E-state index >= 15 is 0 Å². The Hall–Kier alpha value is -4.12. The van der Waals surface area contributed by atoms with Crippen molar-refractivity contribution in [3.8, 4) is 11.5 Å². The Morgan fingerprint density at radius 1 is 1.11 bits per heavy atom. The maximum absolute atomic E-state index is 12.9. The van der Waals surface area contributed by atoms with Crippen LogP contribution in [0.2, 0.25) is 0 Å². The van der Waals surface area contributed by atoms with Gasteiger partial charge in [-0.2, -0.15) is 5.01 Å². The monoisotopic (exact) mass is 490 g/mol. The number of nitrogens with zero attached hydrogens (tertiary/aromatic N) is 3. The van der Waals surface area contributed by atoms with Gasteiger partial charge in [0, 0.05) is 17.1 Å². The van der Waals surface area contributed by atoms with Gasteiger partial charge in [0.05, 0.1) is 11.3 Å². The van der Waals surface area contributed by atoms with Crippen LogP contribution in [0.5, 0.6) is 0 Å². The van der Waals surface area contributed by atoms with E-state index in [1.807, 2.05) is 54.6 Å². The molecule has 1 aliphatic rings. The molecule has 1 saturated heterocycles. The van der Waals surface area contributed by atoms with Gasteiger partial charge in [-0.3, -0.25) is 15.0 Å². The van der Waals surface area contributed by atoms with Crippen LogP contribution in [0.25, 0.3) is 22.4 Å². The number of nitrogens with one attached hydrogen (secondary N) is 3. The maximum atomic E-state index is 12.9. The molecular formula is C24H22N6O4S. The first-order valence-electron chi connectivity index (χ1n) is 11.0. The molecule has 35 heavy (non-hydrogen) atoms. The summed E-state index contributed by atoms with van der Waals surface area (Å²) in [6.07, 6.45) is 2.80. The number of hydrogen-bond donors (Lipinski definition) is 3. The molecule has 0 radical (unpaired) electrons. The van der Waals surface area contributed by atoms with Crippen LogP contribution in [0.4, 0.5) is 4.79 Å². The summed E-state index contributed by atoms with van der Waals surface area (Å²) in [5.74, 6) is -0.838. The standard InChI is InChI=1S/C24H22N6O4S/c1-24(12-11-15-7-3-2-4-8-15)21(32)30(22(33)26-24)29-19(31)14-35-23-28-27-20(34-23)17-13-25-18-10-6-5-9-16(17)18/h2-10,13,25H,11-12,14H2,1H3,(H,26,33)(H,29,31)/t24-/m0/s1. The third-order valence-electron chi connectivity index (χ3n) is 5.81. The van der Waals surface area contributed by atoms with Gasteiger partial charge >= 0.3 is 6.03 Å². The van der Waals surface area contributed by atoms with Crippen LogP contribution in [0, 0.1) is 0 Å². The summed E-state index contributed by atoms with van der Waals surface area (Å²) in [6.45, 7) is 1.65. The summed E-state index contributed by atoms with van der Waals surface area (Å²) >= 11 is 1.01. The molecule has 3 N–H and O–H groups in total. The number of aryl methyl sites for hydroxylation is 1. The zero-order valence-electron chi connectivity index (χ0n) is 18.8. The molecule has 10 nitrogen and oxygen atoms in total. The maximum Gasteiger partial charge on any atom is 0.344 e. The third-order valence-corrected chi connectivity index (χ3v) is 6.63. The number of H-pyrrole nitrogens is 1. The van der Waals surface area contributed by atoms with Crippen molar-refractivity contribution in [3.05, 3.63) is 66.4 Å². The highest BCUT2D eigenvalue weighted by Crippen LogP contribution is 2.29. The fourth-order valence-corrected chi connectivity index (χ4v) is 4.46. The molecule has 0 aliphatic carbocycles. The predicted octanol–water partition coefficient (Wildman–Crippen LogP) is 3.28. The van der Waals surface area contributed by atoms with Gasteiger partial charge in [-0.05, 0) is 31.4 Å². The Balaban J connectivity index is 1.17. The molecule has 0 unspecified atom stereocenters. The second-order valence-corrected chi connectivity index (χ2v) is 9.26. The summed E-state index contributed by atoms with van der Waals surface area (Å²) in [5, 5.41) is 12.6. The first kappa shape index (κ1) is 22.7. The summed E-state index contributed by atoms with van der Waals surface area (Å²) in [6, 6.07) is 16.7. The highest BCUT2D eigenvalue weighted by Gasteiger charge is 2.48. The Labute approximate surface area is 204 Å². The molecule has 2 aromatic carbocycles. The van der Waals surface area contributed by atoms with Gasteiger partial charge in [-0.25, -0.2) is 4.79 Å². The molecule has 1 fully saturated rings. The zero-order chi connectivity index (χ0) is 24.4. The molecule has 1 aliphatic heterocycles. The minimum absolute atomic E-state index is 0.118. The number of aromatic nitrogens is 3. The van der Waals surface area contributed by atoms with E-state index in [-0.39, 0.29) is 11.0 Å². The molecule has 11 heteroatoms. The zero-order valence-corrected chi connectivity index (χ0v) is 19.6. The van der Waals surface area contributed by atoms with Crippen molar-refractivity contribution in [3.63, 3.8) is 0 Å². The first-order chi connectivity index (χ1) is 16.9. The summed E-state index contributed by atoms with van der Waals surface area (Å²) < 4.78 is 5.69. The predicted molar refractivity (Wildman–Crippen MR) is 129 cm³/mol. The molecule has 4 aromatic rings. The minimum atomic E-state index is -1.10. The van der Waals surface area contributed by atoms with Gasteiger partial charge in [-0.15, -0.1) is 10.2 Å². The lowest BCUT2D eigenvalue weighted by Crippen LogP contribution is -2.49. The summed E-state index contributed by atoms with van der Waals surface area (Å²) in [4.78, 5) is 40.9. The van der Waals surface area contributed by atoms with Crippen molar-refractivity contribution in [2.24, 2.45) is 0 Å². The van der Waals surface area contributed by atoms with Crippen molar-refractivity contribution in [2.75, 3.05) is 5.75 Å². The average molecular weight is 491 g/mol. The molecule has 4 amide bonds. The lowest BCUT2D eigenvalue weighted by Gasteiger charge is -2.21. The normalized spacial score (nSPS) is 17.7. The summed E-state index contributed by atoms with van der Waals surface area (Å²) in [5.41, 5.74) is 4.04. The van der Waals surface area contributed by atoms with Gasteiger partial charge in [0.25, 0.3) is 17.0 Å². The lowest BCUT2D eigenvalue weighted by molar-refractivity contribution is -0.138. The number of imide groups is 1. The smallest absolute Gasteiger partial charge is 0.344 e. The van der Waals surface area contributed by atoms with E-state index in [9.17, 15) is 14.4 Å². The van der Waals surface area contributed by atoms with Gasteiger partial charge < -0.3 is 14.7 Å². The average Bonchev–Trinajstić information content (AvgIpc) is 3.56. The van der Waals surface area contributed by atoms with E-state index in [4.69, 9.17) is 4.42 Å². The molecule has 0 saturated carbocycles. The molecule has 5 rings (SSSR count). The van der Waals surface area contributed by atoms with E-state index in [2.05, 4.69) is 25.9 Å². The number of carbonyl (C=O) groups is 3. The largest absolute Gasteiger partial charge is 0.411 e. The number of carbonyl (C=O) groups excluding carboxylic acids is 3. The number of amides is 4. The Bertz CT molecular complexity index is 1400. The SMILES string of the molecule is C[C@@]1(CCc2ccccc2)NC(=O)N(NC(=O)CSc2nnc(-c3c[nH]c4ccccc34)o2)C1=O. The number of thioether (sulfide) groups is 1. The van der Waals surface area contributed by atoms with Gasteiger partial charge in [0.1, 0.15) is 5.54 Å². The second-order valence-electron chi connectivity index (χ2n) is 8.33. The van der Waals surface area contributed by atoms with Crippen LogP contribution in [-0.4, -0.2) is 49.3 Å². The van der Waals surface area contributed by atoms with Crippen LogP contribution in [0.1, 0.15) is 18.9 Å². The second kappa shape index (κ2) is 9.26. The number of urea groups is 1. The molecule has 3 heterocycles. The van der Waals surface area contributed by atoms with E-state index in [0.29, 0.717) is 18.7 Å². The fraction of sp³-hybridized carbons (Fsp3) is 0.208. The molecular weight excluding hydrogens is 468 g/mol. The van der Waals surface area contributed by atoms with Crippen molar-refractivity contribution < 1.29 is 18.8 Å². The number of aromatic amines is 1. The van der Waals surface area contributed by atoms with E-state index in [1.54, 1.807) is 13.1 Å². The third kappa shape index (κ3) is 4.62. The van der Waals surface area contributed by atoms with Gasteiger partial charge in [0.15, 0.2) is 0 Å². The number of para-hydroxylation sites is 1. The highest BCUT2D eigenvalue weighted by molar-refractivity contribution is 7.99. The number of rotatable bonds is 8. The Kier molecular flexibility index (Phi) is 6.00. The van der Waals surface area contributed by atoms with Crippen molar-refractivity contribution >= 4 is 40.5 Å². The fourth-order valence-electron chi connectivity index (χ4n) is 3.90. The van der Waals surface area contributed by atoms with E-state index < -0.39 is 23.4 Å². The molecule has 178 valence electrons. The Morgan fingerprint density at radius 2 is 1.89 bits per heavy atom. The van der Waals surface area contributed by atoms with Crippen LogP contribution >= 0.6 is 11.8 Å². The number of hydrazine groups is 1. The first-order valence-corrected chi connectivity index (χ1v) is 11.9. The van der Waals surface area contributed by atoms with Gasteiger partial charge in [-0.1, -0.05) is 60.3 Å². The highest BCUT2D eigenvalue weighted by atomic mass is 32.2. The van der Waals surface area contributed by atoms with Crippen LogP contribution < -0.4 is 10.7 Å². The van der Waals surface area contributed by atoms with Crippen LogP contribution in [0.15, 0.2) is 70.4 Å². The number of hydrogen-bond acceptors (Lipinski definition) is 7. The summed E-state index contributed by atoms with van der Waals surface area (Å²) in [7, 11) is 0. The van der Waals surface area contributed by atoms with Crippen LogP contribution in [-0.2, 0) is 16.0 Å². The molecule has 2 aromatic heterocycles. The quantitative estimate of drug-likeness (QED) is 0.255. The Morgan fingerprint density at radius 3 is 2.71 bits per heavy atom. The van der Waals surface area contributed by atoms with Crippen LogP contribution in [0.3, 0.4) is 0 Å². The topological polar surface area (TPSA) is 133 Å². The van der Waals surface area contributed by atoms with Crippen molar-refractivity contribution in [1.29, 1.82) is 0 Å². The lowest BCUT2D eigenvalue weighted by atomic mass is 9.93. The molecule has 0 spiro atoms. The molecule has 0 bridgehead atoms.